The zero-order valence-corrected chi connectivity index (χ0v) is 25.5. The van der Waals surface area contributed by atoms with Gasteiger partial charge in [-0.15, -0.1) is 11.3 Å². The van der Waals surface area contributed by atoms with Crippen LogP contribution in [0.5, 0.6) is 5.75 Å². The third kappa shape index (κ3) is 5.73. The molecule has 1 aliphatic rings. The van der Waals surface area contributed by atoms with Gasteiger partial charge in [0, 0.05) is 19.4 Å². The molecule has 0 spiro atoms. The lowest BCUT2D eigenvalue weighted by molar-refractivity contribution is -0.118. The molecule has 2 heterocycles. The standard InChI is InChI=1S/C25H19Br3N4O3S2/c26-14-5-7-16(8-6-14)32-24(35)21-17-3-1-2-4-19(17)37-23(21)30-25(32)36-12-20(33)31-29-11-13-9-15(27)10-18(28)22(13)34/h5-11,34H,1-4,12H2,(H,31,33)/b29-11+. The first-order chi connectivity index (χ1) is 17.8. The normalized spacial score (nSPS) is 13.3. The van der Waals surface area contributed by atoms with Crippen LogP contribution in [0.15, 0.2) is 64.9 Å². The van der Waals surface area contributed by atoms with Crippen LogP contribution in [-0.2, 0) is 17.6 Å². The van der Waals surface area contributed by atoms with Crippen molar-refractivity contribution < 1.29 is 9.90 Å². The topological polar surface area (TPSA) is 96.6 Å². The van der Waals surface area contributed by atoms with Crippen molar-refractivity contribution in [1.29, 1.82) is 0 Å². The zero-order valence-electron chi connectivity index (χ0n) is 19.1. The lowest BCUT2D eigenvalue weighted by Gasteiger charge is -2.13. The van der Waals surface area contributed by atoms with E-state index in [1.165, 1.54) is 22.9 Å². The number of nitrogens with zero attached hydrogens (tertiary/aromatic N) is 3. The molecule has 1 amide bonds. The molecule has 2 N–H and O–H groups in total. The highest BCUT2D eigenvalue weighted by atomic mass is 79.9. The van der Waals surface area contributed by atoms with E-state index in [9.17, 15) is 14.7 Å². The van der Waals surface area contributed by atoms with E-state index in [2.05, 4.69) is 58.3 Å². The van der Waals surface area contributed by atoms with E-state index in [1.54, 1.807) is 28.0 Å². The number of thioether (sulfide) groups is 1. The lowest BCUT2D eigenvalue weighted by atomic mass is 9.97. The van der Waals surface area contributed by atoms with Crippen molar-refractivity contribution in [2.45, 2.75) is 30.8 Å². The number of phenols is 1. The van der Waals surface area contributed by atoms with Crippen LogP contribution in [0.4, 0.5) is 0 Å². The van der Waals surface area contributed by atoms with E-state index in [4.69, 9.17) is 4.98 Å². The summed E-state index contributed by atoms with van der Waals surface area (Å²) >= 11 is 12.8. The molecule has 0 fully saturated rings. The molecule has 0 saturated carbocycles. The number of benzene rings is 2. The number of hydrazone groups is 1. The number of carbonyl (C=O) groups is 1. The van der Waals surface area contributed by atoms with Gasteiger partial charge in [-0.25, -0.2) is 10.4 Å². The van der Waals surface area contributed by atoms with Gasteiger partial charge >= 0.3 is 0 Å². The summed E-state index contributed by atoms with van der Waals surface area (Å²) in [5.41, 5.74) is 4.62. The van der Waals surface area contributed by atoms with Crippen LogP contribution in [0.2, 0.25) is 0 Å². The maximum Gasteiger partial charge on any atom is 0.267 e. The van der Waals surface area contributed by atoms with Gasteiger partial charge in [-0.3, -0.25) is 14.2 Å². The van der Waals surface area contributed by atoms with Gasteiger partial charge in [0.1, 0.15) is 10.6 Å². The van der Waals surface area contributed by atoms with Crippen molar-refractivity contribution >= 4 is 93.2 Å². The molecule has 5 rings (SSSR count). The van der Waals surface area contributed by atoms with Crippen LogP contribution in [-0.4, -0.2) is 32.5 Å². The van der Waals surface area contributed by atoms with E-state index in [0.29, 0.717) is 26.3 Å². The Morgan fingerprint density at radius 3 is 2.70 bits per heavy atom. The fraction of sp³-hybridized carbons (Fsp3) is 0.200. The van der Waals surface area contributed by atoms with Crippen molar-refractivity contribution in [1.82, 2.24) is 15.0 Å². The molecule has 0 radical (unpaired) electrons. The summed E-state index contributed by atoms with van der Waals surface area (Å²) in [6.07, 6.45) is 5.43. The van der Waals surface area contributed by atoms with E-state index in [-0.39, 0.29) is 23.0 Å². The van der Waals surface area contributed by atoms with Gasteiger partial charge in [0.25, 0.3) is 11.5 Å². The SMILES string of the molecule is O=C(CSc1nc2sc3c(c2c(=O)n1-c1ccc(Br)cc1)CCCC3)N/N=C/c1cc(Br)cc(Br)c1O. The number of aromatic nitrogens is 2. The summed E-state index contributed by atoms with van der Waals surface area (Å²) < 4.78 is 3.76. The summed E-state index contributed by atoms with van der Waals surface area (Å²) in [5.74, 6) is -0.340. The fourth-order valence-corrected chi connectivity index (χ4v) is 7.75. The number of thiophene rings is 1. The first kappa shape index (κ1) is 26.6. The average molecular weight is 727 g/mol. The largest absolute Gasteiger partial charge is 0.506 e. The first-order valence-corrected chi connectivity index (χ1v) is 15.5. The van der Waals surface area contributed by atoms with Crippen LogP contribution < -0.4 is 11.0 Å². The van der Waals surface area contributed by atoms with Crippen LogP contribution in [0.3, 0.4) is 0 Å². The summed E-state index contributed by atoms with van der Waals surface area (Å²) in [4.78, 5) is 33.2. The highest BCUT2D eigenvalue weighted by molar-refractivity contribution is 9.11. The van der Waals surface area contributed by atoms with Crippen LogP contribution in [0.25, 0.3) is 15.9 Å². The van der Waals surface area contributed by atoms with E-state index < -0.39 is 0 Å². The van der Waals surface area contributed by atoms with Crippen molar-refractivity contribution in [2.75, 3.05) is 5.75 Å². The molecule has 2 aromatic carbocycles. The quantitative estimate of drug-likeness (QED) is 0.102. The molecule has 0 aliphatic heterocycles. The number of phenolic OH excluding ortho intramolecular Hbond substituents is 1. The second kappa shape index (κ2) is 11.4. The number of amides is 1. The number of aryl methyl sites for hydroxylation is 2. The highest BCUT2D eigenvalue weighted by Crippen LogP contribution is 2.35. The molecule has 12 heteroatoms. The fourth-order valence-electron chi connectivity index (χ4n) is 4.12. The van der Waals surface area contributed by atoms with Crippen LogP contribution >= 0.6 is 70.9 Å². The molecule has 0 bridgehead atoms. The number of hydrogen-bond donors (Lipinski definition) is 2. The smallest absolute Gasteiger partial charge is 0.267 e. The van der Waals surface area contributed by atoms with Gasteiger partial charge in [-0.1, -0.05) is 43.6 Å². The maximum atomic E-state index is 13.8. The molecule has 0 saturated heterocycles. The number of hydrogen-bond acceptors (Lipinski definition) is 7. The number of halogens is 3. The number of nitrogens with one attached hydrogen (secondary N) is 1. The summed E-state index contributed by atoms with van der Waals surface area (Å²) in [5, 5.41) is 15.3. The molecule has 1 aliphatic carbocycles. The molecule has 190 valence electrons. The van der Waals surface area contributed by atoms with Crippen molar-refractivity contribution in [3.8, 4) is 11.4 Å². The van der Waals surface area contributed by atoms with Gasteiger partial charge in [-0.05, 0) is 83.6 Å². The minimum atomic E-state index is -0.364. The molecule has 37 heavy (non-hydrogen) atoms. The Hall–Kier alpha value is -1.99. The third-order valence-electron chi connectivity index (χ3n) is 5.83. The van der Waals surface area contributed by atoms with Gasteiger partial charge in [-0.2, -0.15) is 5.10 Å². The van der Waals surface area contributed by atoms with Gasteiger partial charge in [0.05, 0.1) is 27.5 Å². The minimum absolute atomic E-state index is 0.00502. The number of rotatable bonds is 6. The Kier molecular flexibility index (Phi) is 8.20. The van der Waals surface area contributed by atoms with E-state index in [0.717, 1.165) is 45.0 Å². The molecule has 0 atom stereocenters. The zero-order chi connectivity index (χ0) is 26.1. The third-order valence-corrected chi connectivity index (χ3v) is 9.54. The Morgan fingerprint density at radius 2 is 1.92 bits per heavy atom. The first-order valence-electron chi connectivity index (χ1n) is 11.3. The second-order valence-electron chi connectivity index (χ2n) is 8.31. The van der Waals surface area contributed by atoms with E-state index in [1.807, 2.05) is 24.3 Å². The van der Waals surface area contributed by atoms with E-state index >= 15 is 0 Å². The second-order valence-corrected chi connectivity index (χ2v) is 13.0. The molecule has 0 unspecified atom stereocenters. The van der Waals surface area contributed by atoms with Gasteiger partial charge < -0.3 is 5.11 Å². The lowest BCUT2D eigenvalue weighted by Crippen LogP contribution is -2.24. The highest BCUT2D eigenvalue weighted by Gasteiger charge is 2.23. The number of carbonyl (C=O) groups excluding carboxylic acids is 1. The molecular formula is C25H19Br3N4O3S2. The predicted octanol–water partition coefficient (Wildman–Crippen LogP) is 6.56. The summed E-state index contributed by atoms with van der Waals surface area (Å²) in [7, 11) is 0. The summed E-state index contributed by atoms with van der Waals surface area (Å²) in [6, 6.07) is 10.9. The Bertz CT molecular complexity index is 1600. The van der Waals surface area contributed by atoms with Crippen molar-refractivity contribution in [3.05, 3.63) is 76.2 Å². The van der Waals surface area contributed by atoms with Gasteiger partial charge in [0.15, 0.2) is 5.16 Å². The van der Waals surface area contributed by atoms with Gasteiger partial charge in [0.2, 0.25) is 0 Å². The predicted molar refractivity (Wildman–Crippen MR) is 160 cm³/mol. The maximum absolute atomic E-state index is 13.8. The Morgan fingerprint density at radius 1 is 1.16 bits per heavy atom. The van der Waals surface area contributed by atoms with Crippen molar-refractivity contribution in [2.24, 2.45) is 5.10 Å². The Labute approximate surface area is 245 Å². The van der Waals surface area contributed by atoms with Crippen molar-refractivity contribution in [3.63, 3.8) is 0 Å². The Balaban J connectivity index is 1.42. The molecule has 4 aromatic rings. The number of fused-ring (bicyclic) bond motifs is 3. The minimum Gasteiger partial charge on any atom is -0.506 e. The molecular weight excluding hydrogens is 708 g/mol. The molecule has 2 aromatic heterocycles. The van der Waals surface area contributed by atoms with Crippen LogP contribution in [0, 0.1) is 0 Å². The van der Waals surface area contributed by atoms with Crippen LogP contribution in [0.1, 0.15) is 28.8 Å². The number of aromatic hydroxyl groups is 1. The monoisotopic (exact) mass is 724 g/mol. The summed E-state index contributed by atoms with van der Waals surface area (Å²) in [6.45, 7) is 0. The average Bonchev–Trinajstić information content (AvgIpc) is 3.25. The molecule has 7 nitrogen and oxygen atoms in total.